The molecule has 168 valence electrons. The van der Waals surface area contributed by atoms with Crippen molar-refractivity contribution in [2.45, 2.75) is 12.9 Å². The van der Waals surface area contributed by atoms with Gasteiger partial charge in [0.25, 0.3) is 0 Å². The molecule has 1 aliphatic heterocycles. The number of morpholine rings is 1. The van der Waals surface area contributed by atoms with Crippen LogP contribution in [0.4, 0.5) is 13.2 Å². The molecule has 0 radical (unpaired) electrons. The van der Waals surface area contributed by atoms with E-state index in [1.54, 1.807) is 20.2 Å². The summed E-state index contributed by atoms with van der Waals surface area (Å²) in [6.45, 7) is 4.32. The molecule has 11 heteroatoms. The van der Waals surface area contributed by atoms with Gasteiger partial charge in [-0.3, -0.25) is 9.69 Å². The van der Waals surface area contributed by atoms with Crippen molar-refractivity contribution < 1.29 is 27.4 Å². The number of nitrogens with one attached hydrogen (secondary N) is 2. The maximum Gasteiger partial charge on any atom is 0.573 e. The Bertz CT molecular complexity index is 707. The van der Waals surface area contributed by atoms with Gasteiger partial charge in [0, 0.05) is 45.8 Å². The van der Waals surface area contributed by atoms with Crippen LogP contribution < -0.4 is 15.4 Å². The molecule has 0 aromatic heterocycles. The van der Waals surface area contributed by atoms with Gasteiger partial charge in [-0.25, -0.2) is 4.99 Å². The van der Waals surface area contributed by atoms with Gasteiger partial charge in [0.15, 0.2) is 5.96 Å². The van der Waals surface area contributed by atoms with Crippen molar-refractivity contribution in [2.24, 2.45) is 4.99 Å². The fourth-order valence-corrected chi connectivity index (χ4v) is 2.67. The summed E-state index contributed by atoms with van der Waals surface area (Å²) < 4.78 is 47.2. The second-order valence-corrected chi connectivity index (χ2v) is 6.84. The highest BCUT2D eigenvalue weighted by atomic mass is 19.4. The molecule has 0 atom stereocenters. The Balaban J connectivity index is 2.01. The van der Waals surface area contributed by atoms with Crippen molar-refractivity contribution in [3.63, 3.8) is 0 Å². The number of amides is 1. The normalized spacial score (nSPS) is 15.6. The van der Waals surface area contributed by atoms with Crippen molar-refractivity contribution >= 4 is 11.9 Å². The second-order valence-electron chi connectivity index (χ2n) is 6.84. The fourth-order valence-electron chi connectivity index (χ4n) is 2.67. The highest BCUT2D eigenvalue weighted by Gasteiger charge is 2.31. The minimum Gasteiger partial charge on any atom is -0.405 e. The van der Waals surface area contributed by atoms with Crippen LogP contribution in [-0.2, 0) is 16.1 Å². The van der Waals surface area contributed by atoms with Gasteiger partial charge in [-0.05, 0) is 6.07 Å². The van der Waals surface area contributed by atoms with Crippen LogP contribution in [0.3, 0.4) is 0 Å². The number of carbonyl (C=O) groups is 1. The molecule has 2 rings (SSSR count). The first-order chi connectivity index (χ1) is 14.2. The molecule has 30 heavy (non-hydrogen) atoms. The minimum absolute atomic E-state index is 0.0110. The number of aliphatic imine (C=N–C) groups is 1. The van der Waals surface area contributed by atoms with Crippen molar-refractivity contribution in [1.82, 2.24) is 20.4 Å². The van der Waals surface area contributed by atoms with Gasteiger partial charge in [0.2, 0.25) is 5.91 Å². The third-order valence-electron chi connectivity index (χ3n) is 4.34. The predicted molar refractivity (Wildman–Crippen MR) is 106 cm³/mol. The average Bonchev–Trinajstić information content (AvgIpc) is 2.70. The van der Waals surface area contributed by atoms with Crippen LogP contribution in [0.1, 0.15) is 5.56 Å². The summed E-state index contributed by atoms with van der Waals surface area (Å²) in [5, 5.41) is 6.04. The summed E-state index contributed by atoms with van der Waals surface area (Å²) in [6, 6.07) is 5.83. The zero-order valence-corrected chi connectivity index (χ0v) is 17.2. The van der Waals surface area contributed by atoms with E-state index in [1.165, 1.54) is 23.1 Å². The minimum atomic E-state index is -4.78. The molecule has 1 amide bonds. The van der Waals surface area contributed by atoms with E-state index in [0.717, 1.165) is 19.6 Å². The lowest BCUT2D eigenvalue weighted by molar-refractivity contribution is -0.274. The highest BCUT2D eigenvalue weighted by molar-refractivity contribution is 5.86. The van der Waals surface area contributed by atoms with Crippen LogP contribution in [0, 0.1) is 0 Å². The number of benzene rings is 1. The van der Waals surface area contributed by atoms with Gasteiger partial charge in [-0.1, -0.05) is 18.2 Å². The number of para-hydroxylation sites is 1. The summed E-state index contributed by atoms with van der Waals surface area (Å²) in [6.07, 6.45) is -4.78. The highest BCUT2D eigenvalue weighted by Crippen LogP contribution is 2.26. The number of guanidine groups is 1. The quantitative estimate of drug-likeness (QED) is 0.473. The molecule has 0 unspecified atom stereocenters. The summed E-state index contributed by atoms with van der Waals surface area (Å²) >= 11 is 0. The Morgan fingerprint density at radius 3 is 2.60 bits per heavy atom. The number of ether oxygens (including phenoxy) is 2. The first kappa shape index (κ1) is 23.7. The van der Waals surface area contributed by atoms with Crippen LogP contribution in [0.25, 0.3) is 0 Å². The van der Waals surface area contributed by atoms with Crippen LogP contribution in [0.5, 0.6) is 5.75 Å². The molecule has 0 bridgehead atoms. The van der Waals surface area contributed by atoms with E-state index in [-0.39, 0.29) is 30.3 Å². The summed E-state index contributed by atoms with van der Waals surface area (Å²) in [7, 11) is 3.27. The third kappa shape index (κ3) is 8.87. The van der Waals surface area contributed by atoms with Gasteiger partial charge >= 0.3 is 6.36 Å². The second kappa shape index (κ2) is 11.6. The van der Waals surface area contributed by atoms with Crippen molar-refractivity contribution in [3.8, 4) is 5.75 Å². The number of halogens is 3. The number of rotatable bonds is 8. The third-order valence-corrected chi connectivity index (χ3v) is 4.34. The molecule has 0 spiro atoms. The van der Waals surface area contributed by atoms with Crippen molar-refractivity contribution in [3.05, 3.63) is 29.8 Å². The Morgan fingerprint density at radius 1 is 1.23 bits per heavy atom. The van der Waals surface area contributed by atoms with E-state index in [1.807, 2.05) is 0 Å². The smallest absolute Gasteiger partial charge is 0.405 e. The van der Waals surface area contributed by atoms with Crippen LogP contribution in [0.2, 0.25) is 0 Å². The lowest BCUT2D eigenvalue weighted by Gasteiger charge is -2.26. The lowest BCUT2D eigenvalue weighted by atomic mass is 10.2. The van der Waals surface area contributed by atoms with Gasteiger partial charge in [0.05, 0.1) is 26.3 Å². The van der Waals surface area contributed by atoms with Crippen LogP contribution >= 0.6 is 0 Å². The Kier molecular flexibility index (Phi) is 9.18. The van der Waals surface area contributed by atoms with Gasteiger partial charge in [-0.15, -0.1) is 13.2 Å². The van der Waals surface area contributed by atoms with Crippen LogP contribution in [0.15, 0.2) is 29.3 Å². The predicted octanol–water partition coefficient (Wildman–Crippen LogP) is 1.04. The molecule has 0 aliphatic carbocycles. The van der Waals surface area contributed by atoms with E-state index in [2.05, 4.69) is 25.3 Å². The SMILES string of the molecule is CN(C)C(=O)CNC(=NCc1ccccc1OC(F)(F)F)NCCN1CCOCC1. The molecule has 1 saturated heterocycles. The zero-order chi connectivity index (χ0) is 22.0. The zero-order valence-electron chi connectivity index (χ0n) is 17.2. The van der Waals surface area contributed by atoms with Gasteiger partial charge < -0.3 is 25.0 Å². The number of hydrogen-bond donors (Lipinski definition) is 2. The largest absolute Gasteiger partial charge is 0.573 e. The van der Waals surface area contributed by atoms with E-state index in [4.69, 9.17) is 4.74 Å². The monoisotopic (exact) mass is 431 g/mol. The van der Waals surface area contributed by atoms with Crippen molar-refractivity contribution in [2.75, 3.05) is 60.0 Å². The molecular formula is C19H28F3N5O3. The molecule has 1 aromatic rings. The molecule has 1 aromatic carbocycles. The summed E-state index contributed by atoms with van der Waals surface area (Å²) in [5.41, 5.74) is 0.281. The van der Waals surface area contributed by atoms with Crippen LogP contribution in [-0.4, -0.2) is 88.1 Å². The lowest BCUT2D eigenvalue weighted by Crippen LogP contribution is -2.46. The maximum atomic E-state index is 12.6. The Hall–Kier alpha value is -2.53. The molecule has 1 fully saturated rings. The molecular weight excluding hydrogens is 403 g/mol. The Morgan fingerprint density at radius 2 is 1.93 bits per heavy atom. The first-order valence-electron chi connectivity index (χ1n) is 9.60. The Labute approximate surface area is 174 Å². The van der Waals surface area contributed by atoms with Crippen molar-refractivity contribution in [1.29, 1.82) is 0 Å². The van der Waals surface area contributed by atoms with Gasteiger partial charge in [-0.2, -0.15) is 0 Å². The number of hydrogen-bond acceptors (Lipinski definition) is 5. The molecule has 1 heterocycles. The summed E-state index contributed by atoms with van der Waals surface area (Å²) in [4.78, 5) is 19.9. The van der Waals surface area contributed by atoms with E-state index in [9.17, 15) is 18.0 Å². The maximum absolute atomic E-state index is 12.6. The molecule has 8 nitrogen and oxygen atoms in total. The number of likely N-dealkylation sites (N-methyl/N-ethyl adjacent to an activating group) is 1. The molecule has 0 saturated carbocycles. The number of alkyl halides is 3. The molecule has 1 aliphatic rings. The van der Waals surface area contributed by atoms with E-state index >= 15 is 0 Å². The fraction of sp³-hybridized carbons (Fsp3) is 0.579. The number of carbonyl (C=O) groups excluding carboxylic acids is 1. The van der Waals surface area contributed by atoms with E-state index < -0.39 is 6.36 Å². The first-order valence-corrected chi connectivity index (χ1v) is 9.60. The van der Waals surface area contributed by atoms with E-state index in [0.29, 0.717) is 25.7 Å². The molecule has 2 N–H and O–H groups in total. The summed E-state index contributed by atoms with van der Waals surface area (Å²) in [5.74, 6) is -0.121. The van der Waals surface area contributed by atoms with Gasteiger partial charge in [0.1, 0.15) is 5.75 Å². The average molecular weight is 431 g/mol. The standard InChI is InChI=1S/C19H28F3N5O3/c1-26(2)17(28)14-25-18(23-7-8-27-9-11-29-12-10-27)24-13-15-5-3-4-6-16(15)30-19(20,21)22/h3-6H,7-14H2,1-2H3,(H2,23,24,25). The topological polar surface area (TPSA) is 78.4 Å². The number of nitrogens with zero attached hydrogens (tertiary/aromatic N) is 3.